The Labute approximate surface area is 141 Å². The third-order valence-corrected chi connectivity index (χ3v) is 4.43. The number of nitrogens with one attached hydrogen (secondary N) is 1. The molecule has 0 atom stereocenters. The van der Waals surface area contributed by atoms with Crippen molar-refractivity contribution in [2.24, 2.45) is 7.05 Å². The van der Waals surface area contributed by atoms with Crippen molar-refractivity contribution < 1.29 is 18.7 Å². The van der Waals surface area contributed by atoms with Crippen molar-refractivity contribution >= 4 is 44.0 Å². The largest absolute Gasteiger partial charge is 0.465 e. The quantitative estimate of drug-likeness (QED) is 0.659. The van der Waals surface area contributed by atoms with Crippen LogP contribution in [0, 0.1) is 11.6 Å². The Balaban J connectivity index is 2.34. The van der Waals surface area contributed by atoms with Gasteiger partial charge in [0, 0.05) is 26.2 Å². The molecule has 2 N–H and O–H groups in total. The molecular weight excluding hydrogens is 390 g/mol. The Morgan fingerprint density at radius 3 is 2.83 bits per heavy atom. The van der Waals surface area contributed by atoms with Gasteiger partial charge in [-0.2, -0.15) is 0 Å². The maximum absolute atomic E-state index is 14.6. The topological polar surface area (TPSA) is 89.2 Å². The van der Waals surface area contributed by atoms with E-state index in [0.717, 1.165) is 6.07 Å². The molecule has 0 radical (unpaired) electrons. The number of benzene rings is 1. The predicted octanol–water partition coefficient (Wildman–Crippen LogP) is 2.20. The van der Waals surface area contributed by atoms with E-state index in [-0.39, 0.29) is 34.0 Å². The number of carbonyl (C=O) groups is 1. The van der Waals surface area contributed by atoms with Crippen molar-refractivity contribution in [3.05, 3.63) is 38.9 Å². The number of amides is 1. The van der Waals surface area contributed by atoms with Gasteiger partial charge in [-0.3, -0.25) is 14.1 Å². The first kappa shape index (κ1) is 16.4. The second-order valence-corrected chi connectivity index (χ2v) is 5.89. The second-order valence-electron chi connectivity index (χ2n) is 5.10. The molecule has 0 bridgehead atoms. The number of pyridine rings is 1. The summed E-state index contributed by atoms with van der Waals surface area (Å²) in [6, 6.07) is 1.07. The van der Waals surface area contributed by atoms with Gasteiger partial charge in [-0.05, 0) is 15.9 Å². The number of aryl methyl sites for hydroxylation is 1. The first-order valence-corrected chi connectivity index (χ1v) is 7.60. The highest BCUT2D eigenvalue weighted by molar-refractivity contribution is 9.10. The average Bonchev–Trinajstić information content (AvgIpc) is 2.77. The van der Waals surface area contributed by atoms with Crippen molar-refractivity contribution in [1.29, 1.82) is 0 Å². The molecule has 2 aromatic heterocycles. The zero-order chi connectivity index (χ0) is 17.6. The molecular formula is C14H11BrF2N4O3. The van der Waals surface area contributed by atoms with Crippen LogP contribution in [0.25, 0.3) is 21.9 Å². The number of hydrogen-bond acceptors (Lipinski definition) is 3. The lowest BCUT2D eigenvalue weighted by Crippen LogP contribution is -2.30. The van der Waals surface area contributed by atoms with Gasteiger partial charge in [0.05, 0.1) is 32.6 Å². The summed E-state index contributed by atoms with van der Waals surface area (Å²) in [6.45, 7) is -0.0435. The highest BCUT2D eigenvalue weighted by Gasteiger charge is 2.20. The summed E-state index contributed by atoms with van der Waals surface area (Å²) in [5, 5.41) is 10.8. The van der Waals surface area contributed by atoms with E-state index < -0.39 is 23.4 Å². The van der Waals surface area contributed by atoms with Crippen LogP contribution in [-0.2, 0) is 13.6 Å². The van der Waals surface area contributed by atoms with Crippen LogP contribution < -0.4 is 11.0 Å². The molecule has 7 nitrogen and oxygen atoms in total. The zero-order valence-electron chi connectivity index (χ0n) is 12.3. The van der Waals surface area contributed by atoms with E-state index in [1.807, 2.05) is 0 Å². The lowest BCUT2D eigenvalue weighted by molar-refractivity contribution is 0.194. The van der Waals surface area contributed by atoms with Crippen LogP contribution in [0.2, 0.25) is 0 Å². The fraction of sp³-hybridized carbons (Fsp3) is 0.214. The first-order valence-electron chi connectivity index (χ1n) is 6.81. The molecule has 0 saturated heterocycles. The molecule has 2 heterocycles. The molecule has 1 aromatic carbocycles. The van der Waals surface area contributed by atoms with Gasteiger partial charge >= 0.3 is 11.8 Å². The zero-order valence-corrected chi connectivity index (χ0v) is 13.9. The van der Waals surface area contributed by atoms with Crippen LogP contribution in [0.3, 0.4) is 0 Å². The van der Waals surface area contributed by atoms with E-state index in [1.54, 1.807) is 0 Å². The van der Waals surface area contributed by atoms with Crippen molar-refractivity contribution in [2.75, 3.05) is 6.54 Å². The average molecular weight is 401 g/mol. The van der Waals surface area contributed by atoms with Crippen LogP contribution in [0.4, 0.5) is 13.6 Å². The molecule has 10 heteroatoms. The number of halogens is 3. The summed E-state index contributed by atoms with van der Waals surface area (Å²) in [5.41, 5.74) is 0.204. The third-order valence-electron chi connectivity index (χ3n) is 3.71. The molecule has 0 fully saturated rings. The Bertz CT molecular complexity index is 1040. The molecule has 0 aliphatic rings. The van der Waals surface area contributed by atoms with E-state index in [4.69, 9.17) is 5.11 Å². The minimum absolute atomic E-state index is 0.00395. The van der Waals surface area contributed by atoms with Gasteiger partial charge in [-0.25, -0.2) is 18.4 Å². The standard InChI is InChI=1S/C14H11BrF2N4O3/c1-20-8-5-19-7-4-6(16)10(15)11(17)9(7)12(8)21(14(20)24)3-2-18-13(22)23/h4-5,18H,2-3H2,1H3,(H,22,23). The minimum atomic E-state index is -1.23. The molecule has 3 rings (SSSR count). The summed E-state index contributed by atoms with van der Waals surface area (Å²) in [5.74, 6) is -1.67. The lowest BCUT2D eigenvalue weighted by Gasteiger charge is -2.08. The van der Waals surface area contributed by atoms with Gasteiger partial charge in [0.15, 0.2) is 5.82 Å². The fourth-order valence-corrected chi connectivity index (χ4v) is 2.92. The number of imidazole rings is 1. The summed E-state index contributed by atoms with van der Waals surface area (Å²) < 4.78 is 30.5. The van der Waals surface area contributed by atoms with E-state index in [2.05, 4.69) is 26.2 Å². The van der Waals surface area contributed by atoms with Gasteiger partial charge in [0.2, 0.25) is 0 Å². The van der Waals surface area contributed by atoms with E-state index in [0.29, 0.717) is 5.52 Å². The maximum atomic E-state index is 14.6. The predicted molar refractivity (Wildman–Crippen MR) is 86.1 cm³/mol. The van der Waals surface area contributed by atoms with Crippen LogP contribution in [0.15, 0.2) is 21.5 Å². The molecule has 0 unspecified atom stereocenters. The summed E-state index contributed by atoms with van der Waals surface area (Å²) in [6.07, 6.45) is 0.123. The number of carboxylic acid groups (broad SMARTS) is 1. The van der Waals surface area contributed by atoms with Crippen molar-refractivity contribution in [1.82, 2.24) is 19.4 Å². The Hall–Kier alpha value is -2.49. The van der Waals surface area contributed by atoms with Crippen LogP contribution in [-0.4, -0.2) is 31.9 Å². The van der Waals surface area contributed by atoms with Crippen molar-refractivity contribution in [2.45, 2.75) is 6.54 Å². The number of nitrogens with zero attached hydrogens (tertiary/aromatic N) is 3. The Kier molecular flexibility index (Phi) is 3.99. The van der Waals surface area contributed by atoms with Gasteiger partial charge in [-0.1, -0.05) is 0 Å². The lowest BCUT2D eigenvalue weighted by atomic mass is 10.1. The number of aromatic nitrogens is 3. The fourth-order valence-electron chi connectivity index (χ4n) is 2.61. The van der Waals surface area contributed by atoms with E-state index in [1.165, 1.54) is 22.4 Å². The monoisotopic (exact) mass is 400 g/mol. The van der Waals surface area contributed by atoms with Crippen LogP contribution in [0.5, 0.6) is 0 Å². The summed E-state index contributed by atoms with van der Waals surface area (Å²) >= 11 is 2.85. The molecule has 0 saturated carbocycles. The molecule has 3 aromatic rings. The molecule has 24 heavy (non-hydrogen) atoms. The summed E-state index contributed by atoms with van der Waals surface area (Å²) in [7, 11) is 1.50. The molecule has 1 amide bonds. The number of fused-ring (bicyclic) bond motifs is 3. The van der Waals surface area contributed by atoms with Crippen LogP contribution >= 0.6 is 15.9 Å². The normalized spacial score (nSPS) is 11.3. The van der Waals surface area contributed by atoms with Gasteiger partial charge in [-0.15, -0.1) is 0 Å². The minimum Gasteiger partial charge on any atom is -0.465 e. The molecule has 0 aliphatic carbocycles. The highest BCUT2D eigenvalue weighted by atomic mass is 79.9. The van der Waals surface area contributed by atoms with Crippen molar-refractivity contribution in [3.8, 4) is 0 Å². The molecule has 126 valence electrons. The Morgan fingerprint density at radius 1 is 1.46 bits per heavy atom. The third kappa shape index (κ3) is 2.42. The van der Waals surface area contributed by atoms with E-state index >= 15 is 0 Å². The van der Waals surface area contributed by atoms with E-state index in [9.17, 15) is 18.4 Å². The Morgan fingerprint density at radius 2 is 2.17 bits per heavy atom. The maximum Gasteiger partial charge on any atom is 0.404 e. The summed E-state index contributed by atoms with van der Waals surface area (Å²) in [4.78, 5) is 27.0. The van der Waals surface area contributed by atoms with Crippen LogP contribution in [0.1, 0.15) is 0 Å². The second kappa shape index (κ2) is 5.86. The van der Waals surface area contributed by atoms with Crippen molar-refractivity contribution in [3.63, 3.8) is 0 Å². The molecule has 0 aliphatic heterocycles. The SMILES string of the molecule is Cn1c(=O)n(CCNC(=O)O)c2c3c(F)c(Br)c(F)cc3ncc21. The van der Waals surface area contributed by atoms with Gasteiger partial charge < -0.3 is 10.4 Å². The smallest absolute Gasteiger partial charge is 0.404 e. The molecule has 0 spiro atoms. The number of hydrogen-bond donors (Lipinski definition) is 2. The number of rotatable bonds is 3. The first-order chi connectivity index (χ1) is 11.3. The van der Waals surface area contributed by atoms with Gasteiger partial charge in [0.25, 0.3) is 0 Å². The van der Waals surface area contributed by atoms with Gasteiger partial charge in [0.1, 0.15) is 5.82 Å². The highest BCUT2D eigenvalue weighted by Crippen LogP contribution is 2.31.